The molecule has 1 heterocycles. The number of rotatable bonds is 5. The molecular formula is C15H24N2O2S. The van der Waals surface area contributed by atoms with Crippen molar-refractivity contribution in [1.29, 1.82) is 0 Å². The van der Waals surface area contributed by atoms with E-state index in [0.717, 1.165) is 25.9 Å². The second-order valence-electron chi connectivity index (χ2n) is 5.57. The van der Waals surface area contributed by atoms with Gasteiger partial charge < -0.3 is 0 Å². The fourth-order valence-corrected chi connectivity index (χ4v) is 3.51. The average molecular weight is 296 g/mol. The first-order valence-electron chi connectivity index (χ1n) is 7.20. The van der Waals surface area contributed by atoms with Gasteiger partial charge in [0.05, 0.1) is 6.26 Å². The highest BCUT2D eigenvalue weighted by Crippen LogP contribution is 2.13. The van der Waals surface area contributed by atoms with Gasteiger partial charge in [-0.25, -0.2) is 8.42 Å². The molecule has 1 fully saturated rings. The van der Waals surface area contributed by atoms with Crippen LogP contribution in [0.2, 0.25) is 0 Å². The van der Waals surface area contributed by atoms with Crippen LogP contribution in [-0.2, 0) is 16.4 Å². The highest BCUT2D eigenvalue weighted by Gasteiger charge is 2.25. The molecule has 1 aromatic rings. The fourth-order valence-electron chi connectivity index (χ4n) is 2.68. The predicted molar refractivity (Wildman–Crippen MR) is 82.2 cm³/mol. The van der Waals surface area contributed by atoms with Crippen molar-refractivity contribution in [3.05, 3.63) is 35.9 Å². The molecule has 0 radical (unpaired) electrons. The third kappa shape index (κ3) is 4.30. The molecule has 0 N–H and O–H groups in total. The summed E-state index contributed by atoms with van der Waals surface area (Å²) in [6.07, 6.45) is 3.48. The van der Waals surface area contributed by atoms with Crippen molar-refractivity contribution < 1.29 is 8.42 Å². The van der Waals surface area contributed by atoms with Gasteiger partial charge in [-0.3, -0.25) is 4.90 Å². The molecule has 0 bridgehead atoms. The molecule has 4 nitrogen and oxygen atoms in total. The number of hydrogen-bond acceptors (Lipinski definition) is 3. The summed E-state index contributed by atoms with van der Waals surface area (Å²) < 4.78 is 24.5. The highest BCUT2D eigenvalue weighted by molar-refractivity contribution is 7.88. The van der Waals surface area contributed by atoms with E-state index in [1.807, 2.05) is 6.07 Å². The van der Waals surface area contributed by atoms with Gasteiger partial charge in [0.1, 0.15) is 0 Å². The third-order valence-electron chi connectivity index (χ3n) is 4.06. The number of hydrogen-bond donors (Lipinski definition) is 0. The summed E-state index contributed by atoms with van der Waals surface area (Å²) in [5, 5.41) is 0. The second kappa shape index (κ2) is 6.70. The summed E-state index contributed by atoms with van der Waals surface area (Å²) in [7, 11) is -3.02. The zero-order valence-corrected chi connectivity index (χ0v) is 13.1. The Morgan fingerprint density at radius 1 is 1.10 bits per heavy atom. The van der Waals surface area contributed by atoms with Crippen LogP contribution in [0.15, 0.2) is 30.3 Å². The van der Waals surface area contributed by atoms with Crippen LogP contribution >= 0.6 is 0 Å². The zero-order chi connectivity index (χ0) is 14.6. The standard InChI is InChI=1S/C15H24N2O2S/c1-14(8-9-15-6-4-3-5-7-15)16-10-12-17(13-11-16)20(2,18)19/h3-7,14H,8-13H2,1-2H3. The van der Waals surface area contributed by atoms with Crippen molar-refractivity contribution >= 4 is 10.0 Å². The minimum absolute atomic E-state index is 0.497. The van der Waals surface area contributed by atoms with E-state index in [0.29, 0.717) is 19.1 Å². The van der Waals surface area contributed by atoms with Gasteiger partial charge in [0.2, 0.25) is 10.0 Å². The average Bonchev–Trinajstić information content (AvgIpc) is 2.45. The van der Waals surface area contributed by atoms with Crippen molar-refractivity contribution in [3.63, 3.8) is 0 Å². The van der Waals surface area contributed by atoms with E-state index in [1.54, 1.807) is 4.31 Å². The van der Waals surface area contributed by atoms with Crippen LogP contribution in [0.1, 0.15) is 18.9 Å². The van der Waals surface area contributed by atoms with Crippen molar-refractivity contribution in [2.24, 2.45) is 0 Å². The van der Waals surface area contributed by atoms with E-state index in [9.17, 15) is 8.42 Å². The number of piperazine rings is 1. The largest absolute Gasteiger partial charge is 0.298 e. The van der Waals surface area contributed by atoms with E-state index in [4.69, 9.17) is 0 Å². The first-order chi connectivity index (χ1) is 9.47. The Bertz CT molecular complexity index is 508. The topological polar surface area (TPSA) is 40.6 Å². The molecule has 0 spiro atoms. The number of benzene rings is 1. The molecule has 1 saturated heterocycles. The first kappa shape index (κ1) is 15.5. The van der Waals surface area contributed by atoms with Crippen molar-refractivity contribution in [1.82, 2.24) is 9.21 Å². The van der Waals surface area contributed by atoms with Crippen LogP contribution in [0.25, 0.3) is 0 Å². The normalized spacial score (nSPS) is 19.9. The fraction of sp³-hybridized carbons (Fsp3) is 0.600. The van der Waals surface area contributed by atoms with Crippen LogP contribution < -0.4 is 0 Å². The number of nitrogens with zero attached hydrogens (tertiary/aromatic N) is 2. The molecule has 1 aliphatic heterocycles. The molecule has 1 aliphatic rings. The first-order valence-corrected chi connectivity index (χ1v) is 9.05. The lowest BCUT2D eigenvalue weighted by molar-refractivity contribution is 0.140. The maximum Gasteiger partial charge on any atom is 0.211 e. The maximum atomic E-state index is 11.5. The Labute approximate surface area is 122 Å². The monoisotopic (exact) mass is 296 g/mol. The molecule has 5 heteroatoms. The third-order valence-corrected chi connectivity index (χ3v) is 5.36. The lowest BCUT2D eigenvalue weighted by atomic mass is 10.0. The maximum absolute atomic E-state index is 11.5. The summed E-state index contributed by atoms with van der Waals surface area (Å²) >= 11 is 0. The van der Waals surface area contributed by atoms with Gasteiger partial charge in [0, 0.05) is 32.2 Å². The lowest BCUT2D eigenvalue weighted by Gasteiger charge is -2.37. The second-order valence-corrected chi connectivity index (χ2v) is 7.55. The summed E-state index contributed by atoms with van der Waals surface area (Å²) in [5.74, 6) is 0. The van der Waals surface area contributed by atoms with Gasteiger partial charge >= 0.3 is 0 Å². The molecule has 0 saturated carbocycles. The smallest absolute Gasteiger partial charge is 0.211 e. The molecule has 112 valence electrons. The molecule has 0 amide bonds. The van der Waals surface area contributed by atoms with Gasteiger partial charge in [-0.1, -0.05) is 30.3 Å². The Hall–Kier alpha value is -0.910. The lowest BCUT2D eigenvalue weighted by Crippen LogP contribution is -2.51. The van der Waals surface area contributed by atoms with E-state index in [1.165, 1.54) is 11.8 Å². The Balaban J connectivity index is 1.79. The predicted octanol–water partition coefficient (Wildman–Crippen LogP) is 1.58. The minimum atomic E-state index is -3.02. The molecule has 1 atom stereocenters. The minimum Gasteiger partial charge on any atom is -0.298 e. The molecule has 1 aromatic carbocycles. The molecule has 20 heavy (non-hydrogen) atoms. The van der Waals surface area contributed by atoms with E-state index < -0.39 is 10.0 Å². The molecule has 0 aliphatic carbocycles. The van der Waals surface area contributed by atoms with Crippen LogP contribution in [0.5, 0.6) is 0 Å². The Morgan fingerprint density at radius 3 is 2.25 bits per heavy atom. The molecule has 1 unspecified atom stereocenters. The van der Waals surface area contributed by atoms with E-state index >= 15 is 0 Å². The van der Waals surface area contributed by atoms with Crippen molar-refractivity contribution in [2.45, 2.75) is 25.8 Å². The molecule has 0 aromatic heterocycles. The summed E-state index contributed by atoms with van der Waals surface area (Å²) in [5.41, 5.74) is 1.37. The van der Waals surface area contributed by atoms with Gasteiger partial charge in [-0.05, 0) is 25.3 Å². The van der Waals surface area contributed by atoms with Gasteiger partial charge in [0.15, 0.2) is 0 Å². The van der Waals surface area contributed by atoms with Crippen LogP contribution in [0.3, 0.4) is 0 Å². The molecular weight excluding hydrogens is 272 g/mol. The van der Waals surface area contributed by atoms with Crippen LogP contribution in [-0.4, -0.2) is 56.1 Å². The SMILES string of the molecule is CC(CCc1ccccc1)N1CCN(S(C)(=O)=O)CC1. The van der Waals surface area contributed by atoms with Gasteiger partial charge in [-0.2, -0.15) is 4.31 Å². The zero-order valence-electron chi connectivity index (χ0n) is 12.3. The molecule has 2 rings (SSSR count). The van der Waals surface area contributed by atoms with Gasteiger partial charge in [0.25, 0.3) is 0 Å². The van der Waals surface area contributed by atoms with Crippen molar-refractivity contribution in [3.8, 4) is 0 Å². The summed E-state index contributed by atoms with van der Waals surface area (Å²) in [6.45, 7) is 5.15. The quantitative estimate of drug-likeness (QED) is 0.828. The van der Waals surface area contributed by atoms with Crippen LogP contribution in [0.4, 0.5) is 0 Å². The number of aryl methyl sites for hydroxylation is 1. The van der Waals surface area contributed by atoms with Gasteiger partial charge in [-0.15, -0.1) is 0 Å². The van der Waals surface area contributed by atoms with E-state index in [-0.39, 0.29) is 0 Å². The van der Waals surface area contributed by atoms with Crippen molar-refractivity contribution in [2.75, 3.05) is 32.4 Å². The summed E-state index contributed by atoms with van der Waals surface area (Å²) in [6, 6.07) is 11.0. The van der Waals surface area contributed by atoms with E-state index in [2.05, 4.69) is 36.1 Å². The highest BCUT2D eigenvalue weighted by atomic mass is 32.2. The summed E-state index contributed by atoms with van der Waals surface area (Å²) in [4.78, 5) is 2.39. The number of sulfonamides is 1. The Kier molecular flexibility index (Phi) is 5.18. The Morgan fingerprint density at radius 2 is 1.70 bits per heavy atom. The van der Waals surface area contributed by atoms with Crippen LogP contribution in [0, 0.1) is 0 Å².